The molecule has 4 nitrogen and oxygen atoms in total. The van der Waals surface area contributed by atoms with Gasteiger partial charge in [0.2, 0.25) is 5.91 Å². The molecule has 1 N–H and O–H groups in total. The molecular weight excluding hydrogens is 259 g/mol. The van der Waals surface area contributed by atoms with Crippen molar-refractivity contribution < 1.29 is 27.2 Å². The minimum absolute atomic E-state index is 0.234. The number of anilines is 1. The van der Waals surface area contributed by atoms with Crippen molar-refractivity contribution in [1.82, 2.24) is 0 Å². The fourth-order valence-electron chi connectivity index (χ4n) is 0.892. The summed E-state index contributed by atoms with van der Waals surface area (Å²) in [5.74, 6) is -0.234. The van der Waals surface area contributed by atoms with Gasteiger partial charge in [-0.05, 0) is 24.3 Å². The Morgan fingerprint density at radius 3 is 2.35 bits per heavy atom. The topological polar surface area (TPSA) is 47.6 Å². The second-order valence-electron chi connectivity index (χ2n) is 2.89. The predicted octanol–water partition coefficient (Wildman–Crippen LogP) is 3.12. The van der Waals surface area contributed by atoms with Crippen molar-refractivity contribution in [2.45, 2.75) is 18.2 Å². The summed E-state index contributed by atoms with van der Waals surface area (Å²) >= 11 is 0.420. The van der Waals surface area contributed by atoms with Gasteiger partial charge in [0.25, 0.3) is 0 Å². The average molecular weight is 267 g/mol. The van der Waals surface area contributed by atoms with Gasteiger partial charge >= 0.3 is 6.36 Å². The van der Waals surface area contributed by atoms with Crippen LogP contribution in [-0.4, -0.2) is 12.3 Å². The molecule has 0 fully saturated rings. The molecule has 0 unspecified atom stereocenters. The summed E-state index contributed by atoms with van der Waals surface area (Å²) < 4.78 is 38.6. The Balaban J connectivity index is 2.43. The zero-order valence-electron chi connectivity index (χ0n) is 8.58. The fraction of sp³-hybridized carbons (Fsp3) is 0.222. The maximum Gasteiger partial charge on any atom is 0.550 e. The van der Waals surface area contributed by atoms with Gasteiger partial charge in [0.05, 0.1) is 12.0 Å². The molecule has 0 aliphatic heterocycles. The van der Waals surface area contributed by atoms with Crippen LogP contribution in [-0.2, 0) is 14.0 Å². The Morgan fingerprint density at radius 2 is 1.88 bits per heavy atom. The molecule has 0 atom stereocenters. The van der Waals surface area contributed by atoms with Gasteiger partial charge < -0.3 is 5.32 Å². The van der Waals surface area contributed by atoms with E-state index in [1.165, 1.54) is 31.2 Å². The van der Waals surface area contributed by atoms with E-state index in [1.54, 1.807) is 0 Å². The Bertz CT molecular complexity index is 380. The third kappa shape index (κ3) is 6.15. The number of alkyl halides is 3. The summed E-state index contributed by atoms with van der Waals surface area (Å²) in [6.45, 7) is 1.35. The molecule has 0 saturated carbocycles. The molecule has 0 heterocycles. The lowest BCUT2D eigenvalue weighted by atomic mass is 10.3. The van der Waals surface area contributed by atoms with Crippen LogP contribution in [0.2, 0.25) is 0 Å². The Labute approximate surface area is 99.2 Å². The molecule has 17 heavy (non-hydrogen) atoms. The van der Waals surface area contributed by atoms with Crippen molar-refractivity contribution in [3.63, 3.8) is 0 Å². The number of carbonyl (C=O) groups is 1. The lowest BCUT2D eigenvalue weighted by Gasteiger charge is -2.05. The minimum atomic E-state index is -4.83. The average Bonchev–Trinajstić information content (AvgIpc) is 2.18. The summed E-state index contributed by atoms with van der Waals surface area (Å²) in [6, 6.07) is 6.02. The second kappa shape index (κ2) is 5.89. The zero-order chi connectivity index (χ0) is 12.9. The van der Waals surface area contributed by atoms with Gasteiger partial charge in [-0.2, -0.15) is 4.33 Å². The van der Waals surface area contributed by atoms with Gasteiger partial charge in [-0.15, -0.1) is 18.1 Å². The summed E-state index contributed by atoms with van der Waals surface area (Å²) in [4.78, 5) is 14.2. The van der Waals surface area contributed by atoms with Crippen molar-refractivity contribution in [2.75, 3.05) is 5.32 Å². The molecule has 0 aliphatic carbocycles. The van der Waals surface area contributed by atoms with E-state index in [9.17, 15) is 18.0 Å². The summed E-state index contributed by atoms with van der Waals surface area (Å²) in [5.41, 5.74) is 0.540. The molecule has 0 radical (unpaired) electrons. The lowest BCUT2D eigenvalue weighted by molar-refractivity contribution is -0.440. The molecule has 0 saturated heterocycles. The quantitative estimate of drug-likeness (QED) is 0.517. The van der Waals surface area contributed by atoms with E-state index in [-0.39, 0.29) is 5.91 Å². The van der Waals surface area contributed by atoms with Crippen LogP contribution in [0.4, 0.5) is 18.9 Å². The van der Waals surface area contributed by atoms with Crippen LogP contribution in [0.1, 0.15) is 6.92 Å². The third-order valence-electron chi connectivity index (χ3n) is 1.43. The molecule has 1 rings (SSSR count). The fourth-order valence-corrected chi connectivity index (χ4v) is 1.33. The third-order valence-corrected chi connectivity index (χ3v) is 2.03. The summed E-state index contributed by atoms with van der Waals surface area (Å²) in [7, 11) is 0. The van der Waals surface area contributed by atoms with E-state index in [1.807, 2.05) is 0 Å². The number of nitrogens with one attached hydrogen (secondary N) is 1. The Kier molecular flexibility index (Phi) is 4.79. The van der Waals surface area contributed by atoms with Gasteiger partial charge in [0, 0.05) is 17.5 Å². The molecule has 1 aromatic carbocycles. The molecule has 1 aromatic rings. The van der Waals surface area contributed by atoms with Gasteiger partial charge in [0.15, 0.2) is 0 Å². The molecule has 0 spiro atoms. The summed E-state index contributed by atoms with van der Waals surface area (Å²) in [6.07, 6.45) is -4.83. The van der Waals surface area contributed by atoms with E-state index >= 15 is 0 Å². The largest absolute Gasteiger partial charge is 0.550 e. The maximum absolute atomic E-state index is 11.6. The molecular formula is C9H8F3NO3S. The highest BCUT2D eigenvalue weighted by molar-refractivity contribution is 7.94. The lowest BCUT2D eigenvalue weighted by Crippen LogP contribution is -2.11. The van der Waals surface area contributed by atoms with E-state index < -0.39 is 6.36 Å². The van der Waals surface area contributed by atoms with E-state index in [2.05, 4.69) is 14.5 Å². The van der Waals surface area contributed by atoms with Gasteiger partial charge in [-0.3, -0.25) is 4.79 Å². The first-order chi connectivity index (χ1) is 7.87. The standard InChI is InChI=1S/C9H8F3NO3S/c1-6(14)13-7-2-4-8(5-3-7)17-16-15-9(10,11)12/h2-5H,1H3,(H,13,14). The normalized spacial score (nSPS) is 11.3. The van der Waals surface area contributed by atoms with Crippen LogP contribution >= 0.6 is 12.0 Å². The van der Waals surface area contributed by atoms with E-state index in [0.29, 0.717) is 22.6 Å². The number of rotatable bonds is 4. The maximum atomic E-state index is 11.6. The predicted molar refractivity (Wildman–Crippen MR) is 54.8 cm³/mol. The molecule has 1 amide bonds. The van der Waals surface area contributed by atoms with Crippen LogP contribution in [0, 0.1) is 0 Å². The number of benzene rings is 1. The Hall–Kier alpha value is -1.25. The SMILES string of the molecule is CC(=O)Nc1ccc(SOOC(F)(F)F)cc1. The Morgan fingerprint density at radius 1 is 1.29 bits per heavy atom. The smallest absolute Gasteiger partial charge is 0.326 e. The second-order valence-corrected chi connectivity index (χ2v) is 3.66. The van der Waals surface area contributed by atoms with Crippen LogP contribution in [0.3, 0.4) is 0 Å². The number of hydrogen-bond donors (Lipinski definition) is 1. The number of halogens is 3. The first-order valence-electron chi connectivity index (χ1n) is 4.33. The minimum Gasteiger partial charge on any atom is -0.326 e. The number of carbonyl (C=O) groups excluding carboxylic acids is 1. The number of amides is 1. The van der Waals surface area contributed by atoms with Crippen molar-refractivity contribution in [3.8, 4) is 0 Å². The highest BCUT2D eigenvalue weighted by atomic mass is 32.2. The molecule has 94 valence electrons. The first kappa shape index (κ1) is 13.8. The van der Waals surface area contributed by atoms with Crippen molar-refractivity contribution in [2.24, 2.45) is 0 Å². The number of hydrogen-bond acceptors (Lipinski definition) is 4. The van der Waals surface area contributed by atoms with Crippen LogP contribution in [0.15, 0.2) is 29.2 Å². The highest BCUT2D eigenvalue weighted by Crippen LogP contribution is 2.25. The molecule has 0 aliphatic rings. The van der Waals surface area contributed by atoms with Crippen LogP contribution < -0.4 is 5.32 Å². The molecule has 0 aromatic heterocycles. The summed E-state index contributed by atoms with van der Waals surface area (Å²) in [5, 5.41) is 2.51. The van der Waals surface area contributed by atoms with Crippen molar-refractivity contribution in [3.05, 3.63) is 24.3 Å². The van der Waals surface area contributed by atoms with Crippen LogP contribution in [0.5, 0.6) is 0 Å². The van der Waals surface area contributed by atoms with Crippen LogP contribution in [0.25, 0.3) is 0 Å². The van der Waals surface area contributed by atoms with E-state index in [4.69, 9.17) is 0 Å². The van der Waals surface area contributed by atoms with Gasteiger partial charge in [0.1, 0.15) is 0 Å². The molecule has 8 heteroatoms. The zero-order valence-corrected chi connectivity index (χ0v) is 9.39. The van der Waals surface area contributed by atoms with Gasteiger partial charge in [-0.25, -0.2) is 0 Å². The highest BCUT2D eigenvalue weighted by Gasteiger charge is 2.31. The van der Waals surface area contributed by atoms with E-state index in [0.717, 1.165) is 0 Å². The van der Waals surface area contributed by atoms with Gasteiger partial charge in [-0.1, -0.05) is 0 Å². The van der Waals surface area contributed by atoms with Crippen molar-refractivity contribution in [1.29, 1.82) is 0 Å². The van der Waals surface area contributed by atoms with Crippen molar-refractivity contribution >= 4 is 23.6 Å². The monoisotopic (exact) mass is 267 g/mol. The first-order valence-corrected chi connectivity index (χ1v) is 5.08. The molecule has 0 bridgehead atoms.